The number of amides is 1. The van der Waals surface area contributed by atoms with Gasteiger partial charge in [-0.3, -0.25) is 9.69 Å². The van der Waals surface area contributed by atoms with Crippen molar-refractivity contribution in [2.45, 2.75) is 24.7 Å². The van der Waals surface area contributed by atoms with Gasteiger partial charge in [-0.2, -0.15) is 0 Å². The van der Waals surface area contributed by atoms with Crippen LogP contribution in [0.4, 0.5) is 0 Å². The van der Waals surface area contributed by atoms with Crippen molar-refractivity contribution in [1.82, 2.24) is 4.90 Å². The minimum atomic E-state index is -1.14. The molecule has 0 radical (unpaired) electrons. The molecule has 128 valence electrons. The Morgan fingerprint density at radius 3 is 2.79 bits per heavy atom. The molecule has 1 amide bonds. The van der Waals surface area contributed by atoms with Gasteiger partial charge in [-0.15, -0.1) is 13.2 Å². The van der Waals surface area contributed by atoms with Gasteiger partial charge in [-0.1, -0.05) is 42.5 Å². The third kappa shape index (κ3) is 4.29. The van der Waals surface area contributed by atoms with E-state index in [9.17, 15) is 9.90 Å². The molecule has 1 fully saturated rings. The Bertz CT molecular complexity index is 604. The molecule has 0 aromatic heterocycles. The van der Waals surface area contributed by atoms with Crippen molar-refractivity contribution in [1.29, 1.82) is 0 Å². The standard InChI is InChI=1S/C18H21NO4S/c1-3-10-22-16(15(20)4-2)17(21)19-14(12-23-18(19)24)11-13-8-6-5-7-9-13/h3-9,14-16,20H,1-2,10-12H2/t14-,15+,16+/m0/s1. The van der Waals surface area contributed by atoms with Crippen molar-refractivity contribution in [3.05, 3.63) is 61.2 Å². The molecule has 6 heteroatoms. The van der Waals surface area contributed by atoms with Crippen molar-refractivity contribution < 1.29 is 19.4 Å². The number of carbonyl (C=O) groups is 1. The second kappa shape index (κ2) is 8.73. The Morgan fingerprint density at radius 2 is 2.17 bits per heavy atom. The van der Waals surface area contributed by atoms with Crippen LogP contribution in [0.1, 0.15) is 5.56 Å². The first-order chi connectivity index (χ1) is 11.6. The molecule has 1 aliphatic heterocycles. The number of ether oxygens (including phenoxy) is 2. The fraction of sp³-hybridized carbons (Fsp3) is 0.333. The van der Waals surface area contributed by atoms with E-state index in [1.54, 1.807) is 0 Å². The predicted molar refractivity (Wildman–Crippen MR) is 95.5 cm³/mol. The summed E-state index contributed by atoms with van der Waals surface area (Å²) >= 11 is 5.16. The molecule has 0 aliphatic carbocycles. The number of benzene rings is 1. The van der Waals surface area contributed by atoms with Crippen LogP contribution in [0.3, 0.4) is 0 Å². The summed E-state index contributed by atoms with van der Waals surface area (Å²) in [6.45, 7) is 7.51. The Morgan fingerprint density at radius 1 is 1.46 bits per heavy atom. The lowest BCUT2D eigenvalue weighted by Crippen LogP contribution is -2.50. The predicted octanol–water partition coefficient (Wildman–Crippen LogP) is 1.86. The number of nitrogens with zero attached hydrogens (tertiary/aromatic N) is 1. The van der Waals surface area contributed by atoms with Gasteiger partial charge in [-0.05, 0) is 24.2 Å². The van der Waals surface area contributed by atoms with Gasteiger partial charge in [0.25, 0.3) is 11.1 Å². The molecular formula is C18H21NO4S. The number of hydrogen-bond acceptors (Lipinski definition) is 5. The van der Waals surface area contributed by atoms with Crippen LogP contribution in [0, 0.1) is 0 Å². The first-order valence-electron chi connectivity index (χ1n) is 7.65. The average molecular weight is 347 g/mol. The van der Waals surface area contributed by atoms with Crippen molar-refractivity contribution in [3.63, 3.8) is 0 Å². The highest BCUT2D eigenvalue weighted by atomic mass is 32.1. The molecule has 0 saturated carbocycles. The Hall–Kier alpha value is -2.02. The fourth-order valence-corrected chi connectivity index (χ4v) is 2.82. The van der Waals surface area contributed by atoms with E-state index >= 15 is 0 Å². The number of carbonyl (C=O) groups excluding carboxylic acids is 1. The molecule has 1 saturated heterocycles. The van der Waals surface area contributed by atoms with Gasteiger partial charge in [0.2, 0.25) is 0 Å². The quantitative estimate of drug-likeness (QED) is 0.575. The Balaban J connectivity index is 2.17. The minimum Gasteiger partial charge on any atom is -0.468 e. The molecule has 5 nitrogen and oxygen atoms in total. The average Bonchev–Trinajstić information content (AvgIpc) is 2.96. The van der Waals surface area contributed by atoms with Gasteiger partial charge < -0.3 is 14.6 Å². The van der Waals surface area contributed by atoms with Crippen LogP contribution in [0.25, 0.3) is 0 Å². The van der Waals surface area contributed by atoms with E-state index in [2.05, 4.69) is 13.2 Å². The van der Waals surface area contributed by atoms with Gasteiger partial charge in [0, 0.05) is 0 Å². The zero-order valence-electron chi connectivity index (χ0n) is 13.3. The fourth-order valence-electron chi connectivity index (χ4n) is 2.52. The van der Waals surface area contributed by atoms with E-state index in [1.165, 1.54) is 17.1 Å². The zero-order chi connectivity index (χ0) is 17.5. The first-order valence-corrected chi connectivity index (χ1v) is 8.06. The lowest BCUT2D eigenvalue weighted by Gasteiger charge is -2.27. The highest BCUT2D eigenvalue weighted by Crippen LogP contribution is 2.20. The van der Waals surface area contributed by atoms with Crippen molar-refractivity contribution in [3.8, 4) is 0 Å². The summed E-state index contributed by atoms with van der Waals surface area (Å²) in [4.78, 5) is 14.2. The topological polar surface area (TPSA) is 59.0 Å². The smallest absolute Gasteiger partial charge is 0.266 e. The minimum absolute atomic E-state index is 0.101. The van der Waals surface area contributed by atoms with Crippen molar-refractivity contribution in [2.75, 3.05) is 13.2 Å². The lowest BCUT2D eigenvalue weighted by atomic mass is 10.0. The van der Waals surface area contributed by atoms with E-state index in [0.717, 1.165) is 5.56 Å². The Labute approximate surface area is 147 Å². The maximum atomic E-state index is 12.9. The zero-order valence-corrected chi connectivity index (χ0v) is 14.2. The van der Waals surface area contributed by atoms with E-state index in [1.807, 2.05) is 30.3 Å². The molecule has 1 aliphatic rings. The highest BCUT2D eigenvalue weighted by Gasteiger charge is 2.40. The molecule has 0 bridgehead atoms. The molecule has 1 aromatic rings. The molecule has 0 spiro atoms. The Kier molecular flexibility index (Phi) is 6.66. The van der Waals surface area contributed by atoms with Gasteiger partial charge in [0.1, 0.15) is 12.7 Å². The SMILES string of the molecule is C=CCO[C@@H](C(=O)N1C(=S)OC[C@@H]1Cc1ccccc1)[C@H](O)C=C. The van der Waals surface area contributed by atoms with Crippen molar-refractivity contribution in [2.24, 2.45) is 0 Å². The van der Waals surface area contributed by atoms with E-state index in [-0.39, 0.29) is 17.8 Å². The maximum absolute atomic E-state index is 12.9. The van der Waals surface area contributed by atoms with E-state index < -0.39 is 18.1 Å². The number of aliphatic hydroxyl groups is 1. The monoisotopic (exact) mass is 347 g/mol. The molecule has 3 atom stereocenters. The summed E-state index contributed by atoms with van der Waals surface area (Å²) in [5.74, 6) is -0.437. The summed E-state index contributed by atoms with van der Waals surface area (Å²) in [5, 5.41) is 10.1. The number of rotatable bonds is 8. The van der Waals surface area contributed by atoms with Gasteiger partial charge in [-0.25, -0.2) is 0 Å². The molecular weight excluding hydrogens is 326 g/mol. The van der Waals surface area contributed by atoms with Gasteiger partial charge >= 0.3 is 0 Å². The first kappa shape index (κ1) is 18.3. The number of aliphatic hydroxyl groups excluding tert-OH is 1. The molecule has 1 N–H and O–H groups in total. The summed E-state index contributed by atoms with van der Waals surface area (Å²) in [7, 11) is 0. The van der Waals surface area contributed by atoms with Gasteiger partial charge in [0.05, 0.1) is 12.6 Å². The van der Waals surface area contributed by atoms with Gasteiger partial charge in [0.15, 0.2) is 6.10 Å². The molecule has 24 heavy (non-hydrogen) atoms. The summed E-state index contributed by atoms with van der Waals surface area (Å²) in [5.41, 5.74) is 1.07. The van der Waals surface area contributed by atoms with Crippen LogP contribution >= 0.6 is 12.2 Å². The van der Waals surface area contributed by atoms with E-state index in [0.29, 0.717) is 13.0 Å². The summed E-state index contributed by atoms with van der Waals surface area (Å²) < 4.78 is 10.8. The summed E-state index contributed by atoms with van der Waals surface area (Å²) in [6.07, 6.45) is 1.14. The normalized spacial score (nSPS) is 19.5. The largest absolute Gasteiger partial charge is 0.468 e. The van der Waals surface area contributed by atoms with Crippen LogP contribution in [-0.4, -0.2) is 52.6 Å². The third-order valence-corrected chi connectivity index (χ3v) is 4.02. The van der Waals surface area contributed by atoms with Crippen LogP contribution in [0.5, 0.6) is 0 Å². The number of thiocarbonyl (C=S) groups is 1. The molecule has 1 heterocycles. The number of hydrogen-bond donors (Lipinski definition) is 1. The van der Waals surface area contributed by atoms with Crippen LogP contribution in [0.15, 0.2) is 55.6 Å². The third-order valence-electron chi connectivity index (χ3n) is 3.70. The molecule has 1 aromatic carbocycles. The summed E-state index contributed by atoms with van der Waals surface area (Å²) in [6, 6.07) is 9.53. The van der Waals surface area contributed by atoms with Crippen molar-refractivity contribution >= 4 is 23.3 Å². The van der Waals surface area contributed by atoms with Crippen LogP contribution in [-0.2, 0) is 20.7 Å². The van der Waals surface area contributed by atoms with Crippen LogP contribution < -0.4 is 0 Å². The highest BCUT2D eigenvalue weighted by molar-refractivity contribution is 7.80. The van der Waals surface area contributed by atoms with Crippen LogP contribution in [0.2, 0.25) is 0 Å². The molecule has 2 rings (SSSR count). The maximum Gasteiger partial charge on any atom is 0.266 e. The lowest BCUT2D eigenvalue weighted by molar-refractivity contribution is -0.145. The molecule has 0 unspecified atom stereocenters. The van der Waals surface area contributed by atoms with E-state index in [4.69, 9.17) is 21.7 Å². The second-order valence-electron chi connectivity index (χ2n) is 5.40. The second-order valence-corrected chi connectivity index (χ2v) is 5.75.